The van der Waals surface area contributed by atoms with Gasteiger partial charge in [0.05, 0.1) is 12.8 Å². The van der Waals surface area contributed by atoms with Crippen molar-refractivity contribution in [3.63, 3.8) is 0 Å². The third-order valence-corrected chi connectivity index (χ3v) is 7.21. The van der Waals surface area contributed by atoms with Crippen LogP contribution in [0.5, 0.6) is 5.75 Å². The lowest BCUT2D eigenvalue weighted by Crippen LogP contribution is -2.51. The second-order valence-electron chi connectivity index (χ2n) is 9.81. The third-order valence-electron chi connectivity index (χ3n) is 6.98. The minimum absolute atomic E-state index is 0.126. The first-order chi connectivity index (χ1) is 16.4. The third kappa shape index (κ3) is 6.53. The lowest BCUT2D eigenvalue weighted by atomic mass is 9.77. The molecular weight excluding hydrogens is 452 g/mol. The first-order valence-electron chi connectivity index (χ1n) is 12.3. The Balaban J connectivity index is 1.44. The van der Waals surface area contributed by atoms with Crippen LogP contribution in [0.15, 0.2) is 36.7 Å². The van der Waals surface area contributed by atoms with Gasteiger partial charge in [-0.15, -0.1) is 0 Å². The monoisotopic (exact) mass is 486 g/mol. The Kier molecular flexibility index (Phi) is 8.14. The Hall–Kier alpha value is -2.54. The molecule has 3 heterocycles. The van der Waals surface area contributed by atoms with Crippen LogP contribution in [0, 0.1) is 5.41 Å². The molecule has 4 rings (SSSR count). The van der Waals surface area contributed by atoms with E-state index in [4.69, 9.17) is 16.3 Å². The molecule has 0 spiro atoms. The van der Waals surface area contributed by atoms with Gasteiger partial charge in [-0.1, -0.05) is 17.7 Å². The number of rotatable bonds is 8. The molecule has 2 fully saturated rings. The highest BCUT2D eigenvalue weighted by Gasteiger charge is 2.41. The summed E-state index contributed by atoms with van der Waals surface area (Å²) >= 11 is 6.14. The molecule has 8 heteroatoms. The van der Waals surface area contributed by atoms with Crippen molar-refractivity contribution in [2.75, 3.05) is 32.8 Å². The second-order valence-corrected chi connectivity index (χ2v) is 10.2. The largest absolute Gasteiger partial charge is 0.493 e. The van der Waals surface area contributed by atoms with Crippen LogP contribution in [-0.4, -0.2) is 64.2 Å². The van der Waals surface area contributed by atoms with Gasteiger partial charge in [0.1, 0.15) is 5.75 Å². The molecule has 0 bridgehead atoms. The number of aromatic nitrogens is 2. The zero-order valence-electron chi connectivity index (χ0n) is 20.0. The molecule has 2 aromatic rings. The van der Waals surface area contributed by atoms with Gasteiger partial charge < -0.3 is 14.5 Å². The number of carbonyl (C=O) groups excluding carboxylic acids is 2. The summed E-state index contributed by atoms with van der Waals surface area (Å²) in [6.45, 7) is 3.32. The number of likely N-dealkylation sites (tertiary alicyclic amines) is 2. The van der Waals surface area contributed by atoms with E-state index >= 15 is 0 Å². The van der Waals surface area contributed by atoms with Gasteiger partial charge in [0.2, 0.25) is 11.8 Å². The maximum Gasteiger partial charge on any atom is 0.223 e. The highest BCUT2D eigenvalue weighted by molar-refractivity contribution is 6.30. The molecule has 1 unspecified atom stereocenters. The molecule has 184 valence electrons. The molecule has 34 heavy (non-hydrogen) atoms. The summed E-state index contributed by atoms with van der Waals surface area (Å²) in [5, 5.41) is 4.81. The molecule has 2 aliphatic rings. The van der Waals surface area contributed by atoms with Crippen LogP contribution in [0.25, 0.3) is 0 Å². The smallest absolute Gasteiger partial charge is 0.223 e. The van der Waals surface area contributed by atoms with Crippen LogP contribution in [0.2, 0.25) is 5.02 Å². The van der Waals surface area contributed by atoms with E-state index in [1.807, 2.05) is 47.4 Å². The molecule has 0 aliphatic carbocycles. The predicted octanol–water partition coefficient (Wildman–Crippen LogP) is 4.10. The van der Waals surface area contributed by atoms with Gasteiger partial charge in [-0.3, -0.25) is 14.3 Å². The molecule has 0 N–H and O–H groups in total. The number of halogens is 1. The van der Waals surface area contributed by atoms with Gasteiger partial charge >= 0.3 is 0 Å². The minimum atomic E-state index is -0.404. The van der Waals surface area contributed by atoms with Crippen molar-refractivity contribution < 1.29 is 14.3 Å². The lowest BCUT2D eigenvalue weighted by molar-refractivity contribution is -0.142. The van der Waals surface area contributed by atoms with Crippen molar-refractivity contribution in [3.05, 3.63) is 47.2 Å². The van der Waals surface area contributed by atoms with E-state index in [-0.39, 0.29) is 11.8 Å². The van der Waals surface area contributed by atoms with E-state index in [0.717, 1.165) is 50.9 Å². The Bertz CT molecular complexity index is 988. The summed E-state index contributed by atoms with van der Waals surface area (Å²) in [7, 11) is 1.88. The quantitative estimate of drug-likeness (QED) is 0.563. The van der Waals surface area contributed by atoms with Crippen molar-refractivity contribution >= 4 is 23.4 Å². The molecular formula is C26H35ClN4O3. The topological polar surface area (TPSA) is 67.7 Å². The number of hydrogen-bond acceptors (Lipinski definition) is 4. The van der Waals surface area contributed by atoms with Crippen molar-refractivity contribution in [2.45, 2.75) is 51.4 Å². The summed E-state index contributed by atoms with van der Waals surface area (Å²) < 4.78 is 7.93. The first kappa shape index (κ1) is 24.6. The maximum absolute atomic E-state index is 13.3. The van der Waals surface area contributed by atoms with E-state index in [1.165, 1.54) is 6.42 Å². The van der Waals surface area contributed by atoms with E-state index in [0.29, 0.717) is 43.2 Å². The molecule has 1 aromatic heterocycles. The molecule has 2 aliphatic heterocycles. The number of piperidine rings is 2. The standard InChI is InChI=1S/C26H35ClN4O3/c1-29-18-21(17-28-29)9-10-24(32)31-14-6-11-26(19-31,16-25(33)30-12-3-2-4-13-30)20-34-23-8-5-7-22(27)15-23/h5,7-8,15,17-18H,2-4,6,9-14,16,19-20H2,1H3. The normalized spacial score (nSPS) is 20.9. The second kappa shape index (κ2) is 11.3. The minimum Gasteiger partial charge on any atom is -0.493 e. The van der Waals surface area contributed by atoms with E-state index in [2.05, 4.69) is 5.10 Å². The van der Waals surface area contributed by atoms with E-state index in [9.17, 15) is 9.59 Å². The van der Waals surface area contributed by atoms with Crippen LogP contribution < -0.4 is 4.74 Å². The zero-order chi connectivity index (χ0) is 24.0. The van der Waals surface area contributed by atoms with Crippen LogP contribution >= 0.6 is 11.6 Å². The zero-order valence-corrected chi connectivity index (χ0v) is 20.8. The molecule has 0 saturated carbocycles. The highest BCUT2D eigenvalue weighted by Crippen LogP contribution is 2.36. The Morgan fingerprint density at radius 3 is 2.62 bits per heavy atom. The van der Waals surface area contributed by atoms with E-state index in [1.54, 1.807) is 10.7 Å². The fraction of sp³-hybridized carbons (Fsp3) is 0.577. The fourth-order valence-corrected chi connectivity index (χ4v) is 5.29. The number of ether oxygens (including phenoxy) is 1. The number of carbonyl (C=O) groups is 2. The van der Waals surface area contributed by atoms with Crippen LogP contribution in [-0.2, 0) is 23.1 Å². The predicted molar refractivity (Wildman–Crippen MR) is 132 cm³/mol. The summed E-state index contributed by atoms with van der Waals surface area (Å²) in [4.78, 5) is 30.3. The number of amides is 2. The molecule has 2 saturated heterocycles. The van der Waals surface area contributed by atoms with Crippen molar-refractivity contribution in [1.29, 1.82) is 0 Å². The van der Waals surface area contributed by atoms with E-state index < -0.39 is 5.41 Å². The number of hydrogen-bond donors (Lipinski definition) is 0. The van der Waals surface area contributed by atoms with Crippen LogP contribution in [0.4, 0.5) is 0 Å². The van der Waals surface area contributed by atoms with Crippen molar-refractivity contribution in [3.8, 4) is 5.75 Å². The Morgan fingerprint density at radius 2 is 1.88 bits per heavy atom. The molecule has 1 aromatic carbocycles. The number of aryl methyl sites for hydroxylation is 2. The molecule has 2 amide bonds. The summed E-state index contributed by atoms with van der Waals surface area (Å²) in [5.74, 6) is 0.998. The van der Waals surface area contributed by atoms with Gasteiger partial charge in [0.25, 0.3) is 0 Å². The number of nitrogens with zero attached hydrogens (tertiary/aromatic N) is 4. The van der Waals surface area contributed by atoms with Gasteiger partial charge in [0, 0.05) is 62.7 Å². The van der Waals surface area contributed by atoms with Crippen LogP contribution in [0.3, 0.4) is 0 Å². The van der Waals surface area contributed by atoms with Gasteiger partial charge in [-0.25, -0.2) is 0 Å². The fourth-order valence-electron chi connectivity index (χ4n) is 5.11. The highest BCUT2D eigenvalue weighted by atomic mass is 35.5. The van der Waals surface area contributed by atoms with Crippen LogP contribution in [0.1, 0.15) is 50.5 Å². The van der Waals surface area contributed by atoms with Gasteiger partial charge in [-0.05, 0) is 62.3 Å². The molecule has 0 radical (unpaired) electrons. The van der Waals surface area contributed by atoms with Gasteiger partial charge in [-0.2, -0.15) is 5.10 Å². The Labute approximate surface area is 207 Å². The molecule has 7 nitrogen and oxygen atoms in total. The Morgan fingerprint density at radius 1 is 1.09 bits per heavy atom. The maximum atomic E-state index is 13.3. The average molecular weight is 487 g/mol. The SMILES string of the molecule is Cn1cc(CCC(=O)N2CCCC(COc3cccc(Cl)c3)(CC(=O)N3CCCCC3)C2)cn1. The summed E-state index contributed by atoms with van der Waals surface area (Å²) in [6, 6.07) is 7.35. The number of benzene rings is 1. The summed E-state index contributed by atoms with van der Waals surface area (Å²) in [5.41, 5.74) is 0.655. The molecule has 1 atom stereocenters. The van der Waals surface area contributed by atoms with Crippen molar-refractivity contribution in [2.24, 2.45) is 12.5 Å². The van der Waals surface area contributed by atoms with Crippen molar-refractivity contribution in [1.82, 2.24) is 19.6 Å². The summed E-state index contributed by atoms with van der Waals surface area (Å²) in [6.07, 6.45) is 10.3. The average Bonchev–Trinajstić information content (AvgIpc) is 3.27. The first-order valence-corrected chi connectivity index (χ1v) is 12.7. The lowest BCUT2D eigenvalue weighted by Gasteiger charge is -2.43. The van der Waals surface area contributed by atoms with Gasteiger partial charge in [0.15, 0.2) is 0 Å².